The van der Waals surface area contributed by atoms with Crippen molar-refractivity contribution in [2.45, 2.75) is 46.7 Å². The molecular formula is C15H22BLiO2. The van der Waals surface area contributed by atoms with Gasteiger partial charge < -0.3 is 9.31 Å². The average molecular weight is 252 g/mol. The Morgan fingerprint density at radius 2 is 1.42 bits per heavy atom. The van der Waals surface area contributed by atoms with E-state index >= 15 is 0 Å². The Morgan fingerprint density at radius 3 is 1.84 bits per heavy atom. The number of hydrogen-bond acceptors (Lipinski definition) is 2. The van der Waals surface area contributed by atoms with Gasteiger partial charge in [-0.1, -0.05) is 18.2 Å². The molecule has 98 valence electrons. The summed E-state index contributed by atoms with van der Waals surface area (Å²) in [6.07, 6.45) is 0.192. The minimum Gasteiger partial charge on any atom is -0.556 e. The summed E-state index contributed by atoms with van der Waals surface area (Å²) < 4.78 is 11.7. The third kappa shape index (κ3) is 7.51. The predicted octanol–water partition coefficient (Wildman–Crippen LogP) is 0.503. The Bertz CT molecular complexity index is 411. The Kier molecular flexibility index (Phi) is 8.23. The molecule has 0 N–H and O–H groups in total. The van der Waals surface area contributed by atoms with Crippen LogP contribution in [-0.4, -0.2) is 18.8 Å². The molecule has 0 spiro atoms. The summed E-state index contributed by atoms with van der Waals surface area (Å²) in [5, 5.41) is 0. The van der Waals surface area contributed by atoms with Gasteiger partial charge in [-0.15, -0.1) is 12.7 Å². The summed E-state index contributed by atoms with van der Waals surface area (Å²) in [4.78, 5) is 0. The SMILES string of the molecule is CC(C)O[B-](C)(C#Cc1ccccc1)OC(C)C.[Li+]. The van der Waals surface area contributed by atoms with Crippen molar-refractivity contribution in [2.24, 2.45) is 0 Å². The first kappa shape index (κ1) is 18.4. The molecule has 0 aliphatic carbocycles. The summed E-state index contributed by atoms with van der Waals surface area (Å²) in [5.74, 6) is 6.27. The fourth-order valence-corrected chi connectivity index (χ4v) is 1.87. The second-order valence-electron chi connectivity index (χ2n) is 5.10. The van der Waals surface area contributed by atoms with E-state index in [9.17, 15) is 0 Å². The maximum atomic E-state index is 5.84. The van der Waals surface area contributed by atoms with Gasteiger partial charge in [0.25, 0.3) is 0 Å². The topological polar surface area (TPSA) is 18.5 Å². The maximum absolute atomic E-state index is 5.84. The molecule has 1 rings (SSSR count). The standard InChI is InChI=1S/C15H22BO2.Li/c1-13(2)17-16(5,18-14(3)4)12-11-15-9-7-6-8-10-15;/h6-10,13-14H,1-5H3;/q-1;+1. The molecule has 0 aliphatic rings. The Morgan fingerprint density at radius 1 is 0.947 bits per heavy atom. The molecule has 19 heavy (non-hydrogen) atoms. The van der Waals surface area contributed by atoms with Crippen LogP contribution in [-0.2, 0) is 9.31 Å². The Labute approximate surface area is 129 Å². The van der Waals surface area contributed by atoms with Crippen LogP contribution in [0.5, 0.6) is 0 Å². The smallest absolute Gasteiger partial charge is 0.556 e. The van der Waals surface area contributed by atoms with Crippen molar-refractivity contribution in [1.82, 2.24) is 0 Å². The molecule has 0 amide bonds. The Hall–Kier alpha value is -0.638. The van der Waals surface area contributed by atoms with E-state index in [0.29, 0.717) is 0 Å². The van der Waals surface area contributed by atoms with E-state index < -0.39 is 6.55 Å². The van der Waals surface area contributed by atoms with Crippen LogP contribution in [0.1, 0.15) is 33.3 Å². The fraction of sp³-hybridized carbons (Fsp3) is 0.467. The first-order valence-electron chi connectivity index (χ1n) is 6.53. The minimum absolute atomic E-state index is 0. The van der Waals surface area contributed by atoms with E-state index in [1.165, 1.54) is 0 Å². The molecule has 0 heterocycles. The molecule has 1 aromatic rings. The zero-order valence-electron chi connectivity index (χ0n) is 12.9. The molecule has 0 fully saturated rings. The normalized spacial score (nSPS) is 10.9. The fourth-order valence-electron chi connectivity index (χ4n) is 1.87. The van der Waals surface area contributed by atoms with Gasteiger partial charge >= 0.3 is 25.4 Å². The van der Waals surface area contributed by atoms with Crippen molar-refractivity contribution in [1.29, 1.82) is 0 Å². The second-order valence-corrected chi connectivity index (χ2v) is 5.10. The van der Waals surface area contributed by atoms with Gasteiger partial charge in [-0.3, -0.25) is 0 Å². The van der Waals surface area contributed by atoms with Gasteiger partial charge in [0.2, 0.25) is 0 Å². The molecule has 0 saturated carbocycles. The molecule has 0 aliphatic heterocycles. The van der Waals surface area contributed by atoms with Gasteiger partial charge in [-0.2, -0.15) is 0 Å². The summed E-state index contributed by atoms with van der Waals surface area (Å²) >= 11 is 0. The molecule has 4 heteroatoms. The molecule has 0 bridgehead atoms. The van der Waals surface area contributed by atoms with Gasteiger partial charge in [-0.05, 0) is 39.8 Å². The molecule has 0 aromatic heterocycles. The van der Waals surface area contributed by atoms with Crippen LogP contribution in [0.2, 0.25) is 6.82 Å². The predicted molar refractivity (Wildman–Crippen MR) is 77.4 cm³/mol. The minimum atomic E-state index is -1.56. The summed E-state index contributed by atoms with van der Waals surface area (Å²) in [7, 11) is 0. The van der Waals surface area contributed by atoms with Crippen LogP contribution in [0.15, 0.2) is 30.3 Å². The van der Waals surface area contributed by atoms with Crippen molar-refractivity contribution < 1.29 is 28.2 Å². The zero-order valence-corrected chi connectivity index (χ0v) is 12.9. The van der Waals surface area contributed by atoms with Crippen molar-refractivity contribution in [3.05, 3.63) is 35.9 Å². The monoisotopic (exact) mass is 252 g/mol. The molecule has 1 aromatic carbocycles. The van der Waals surface area contributed by atoms with Crippen molar-refractivity contribution in [3.8, 4) is 11.7 Å². The van der Waals surface area contributed by atoms with Gasteiger partial charge in [0.05, 0.1) is 0 Å². The first-order valence-corrected chi connectivity index (χ1v) is 6.53. The molecule has 0 radical (unpaired) electrons. The Balaban J connectivity index is 0.00000324. The van der Waals surface area contributed by atoms with Gasteiger partial charge in [0.1, 0.15) is 0 Å². The van der Waals surface area contributed by atoms with E-state index in [0.717, 1.165) is 5.56 Å². The van der Waals surface area contributed by atoms with E-state index in [2.05, 4.69) is 11.7 Å². The molecule has 0 saturated heterocycles. The molecular weight excluding hydrogens is 230 g/mol. The van der Waals surface area contributed by atoms with Crippen molar-refractivity contribution >= 4 is 6.55 Å². The van der Waals surface area contributed by atoms with Gasteiger partial charge in [0.15, 0.2) is 0 Å². The maximum Gasteiger partial charge on any atom is 1.00 e. The average Bonchev–Trinajstić information content (AvgIpc) is 2.26. The number of benzene rings is 1. The molecule has 0 unspecified atom stereocenters. The third-order valence-electron chi connectivity index (χ3n) is 2.32. The zero-order chi connectivity index (χ0) is 13.6. The van der Waals surface area contributed by atoms with Gasteiger partial charge in [0, 0.05) is 17.8 Å². The van der Waals surface area contributed by atoms with Crippen molar-refractivity contribution in [2.75, 3.05) is 0 Å². The van der Waals surface area contributed by atoms with E-state index in [-0.39, 0.29) is 31.1 Å². The van der Waals surface area contributed by atoms with E-state index in [1.54, 1.807) is 0 Å². The molecule has 2 nitrogen and oxygen atoms in total. The number of rotatable bonds is 4. The largest absolute Gasteiger partial charge is 1.00 e. The van der Waals surface area contributed by atoms with Crippen molar-refractivity contribution in [3.63, 3.8) is 0 Å². The molecule has 0 atom stereocenters. The summed E-state index contributed by atoms with van der Waals surface area (Å²) in [5.41, 5.74) is 0.977. The van der Waals surface area contributed by atoms with Crippen LogP contribution < -0.4 is 18.9 Å². The van der Waals surface area contributed by atoms with Crippen LogP contribution in [0.4, 0.5) is 0 Å². The second kappa shape index (κ2) is 8.52. The van der Waals surface area contributed by atoms with Gasteiger partial charge in [-0.25, -0.2) is 5.82 Å². The van der Waals surface area contributed by atoms with Crippen LogP contribution in [0.25, 0.3) is 0 Å². The van der Waals surface area contributed by atoms with E-state index in [4.69, 9.17) is 9.31 Å². The summed E-state index contributed by atoms with van der Waals surface area (Å²) in [6.45, 7) is 8.34. The first-order chi connectivity index (χ1) is 8.41. The van der Waals surface area contributed by atoms with E-state index in [1.807, 2.05) is 64.8 Å². The number of hydrogen-bond donors (Lipinski definition) is 0. The van der Waals surface area contributed by atoms with Crippen LogP contribution >= 0.6 is 0 Å². The third-order valence-corrected chi connectivity index (χ3v) is 2.32. The van der Waals surface area contributed by atoms with Crippen LogP contribution in [0.3, 0.4) is 0 Å². The van der Waals surface area contributed by atoms with Crippen LogP contribution in [0, 0.1) is 11.7 Å². The quantitative estimate of drug-likeness (QED) is 0.574. The summed E-state index contributed by atoms with van der Waals surface area (Å²) in [6, 6.07) is 9.88.